The minimum Gasteiger partial charge on any atom is -0.494 e. The van der Waals surface area contributed by atoms with Gasteiger partial charge < -0.3 is 10.1 Å². The zero-order valence-electron chi connectivity index (χ0n) is 10.6. The average molecular weight is 221 g/mol. The van der Waals surface area contributed by atoms with Gasteiger partial charge in [0.15, 0.2) is 0 Å². The highest BCUT2D eigenvalue weighted by Crippen LogP contribution is 2.12. The van der Waals surface area contributed by atoms with Crippen molar-refractivity contribution < 1.29 is 4.74 Å². The summed E-state index contributed by atoms with van der Waals surface area (Å²) in [5, 5.41) is 3.45. The molecule has 1 aromatic carbocycles. The van der Waals surface area contributed by atoms with Gasteiger partial charge in [0.2, 0.25) is 0 Å². The molecular weight excluding hydrogens is 198 g/mol. The normalized spacial score (nSPS) is 12.4. The molecule has 0 fully saturated rings. The minimum atomic E-state index is 0.579. The molecule has 0 saturated carbocycles. The first-order valence-corrected chi connectivity index (χ1v) is 6.19. The summed E-state index contributed by atoms with van der Waals surface area (Å²) in [5.41, 5.74) is 1.25. The van der Waals surface area contributed by atoms with Crippen molar-refractivity contribution in [2.75, 3.05) is 13.2 Å². The van der Waals surface area contributed by atoms with Crippen molar-refractivity contribution in [1.82, 2.24) is 5.32 Å². The number of ether oxygens (including phenoxy) is 1. The van der Waals surface area contributed by atoms with E-state index in [1.165, 1.54) is 5.56 Å². The van der Waals surface area contributed by atoms with Crippen LogP contribution in [0.3, 0.4) is 0 Å². The first-order chi connectivity index (χ1) is 7.76. The van der Waals surface area contributed by atoms with Gasteiger partial charge in [-0.15, -0.1) is 0 Å². The maximum absolute atomic E-state index is 5.73. The van der Waals surface area contributed by atoms with Gasteiger partial charge in [-0.3, -0.25) is 0 Å². The molecule has 1 unspecified atom stereocenters. The zero-order valence-corrected chi connectivity index (χ0v) is 10.6. The summed E-state index contributed by atoms with van der Waals surface area (Å²) in [7, 11) is 0. The van der Waals surface area contributed by atoms with Gasteiger partial charge in [-0.1, -0.05) is 26.0 Å². The quantitative estimate of drug-likeness (QED) is 0.763. The second-order valence-corrected chi connectivity index (χ2v) is 4.12. The average Bonchev–Trinajstić information content (AvgIpc) is 2.28. The number of nitrogens with one attached hydrogen (secondary N) is 1. The lowest BCUT2D eigenvalue weighted by molar-refractivity contribution is 0.284. The fourth-order valence-corrected chi connectivity index (χ4v) is 1.76. The molecule has 1 N–H and O–H groups in total. The van der Waals surface area contributed by atoms with E-state index >= 15 is 0 Å². The van der Waals surface area contributed by atoms with Crippen molar-refractivity contribution in [2.45, 2.75) is 39.7 Å². The third-order valence-corrected chi connectivity index (χ3v) is 2.71. The first kappa shape index (κ1) is 13.0. The van der Waals surface area contributed by atoms with E-state index < -0.39 is 0 Å². The largest absolute Gasteiger partial charge is 0.494 e. The zero-order chi connectivity index (χ0) is 11.8. The van der Waals surface area contributed by atoms with E-state index in [0.29, 0.717) is 6.04 Å². The van der Waals surface area contributed by atoms with Crippen LogP contribution in [0.25, 0.3) is 0 Å². The smallest absolute Gasteiger partial charge is 0.119 e. The van der Waals surface area contributed by atoms with Crippen molar-refractivity contribution >= 4 is 0 Å². The van der Waals surface area contributed by atoms with Crippen LogP contribution in [-0.2, 0) is 0 Å². The van der Waals surface area contributed by atoms with Crippen molar-refractivity contribution in [3.8, 4) is 5.75 Å². The standard InChI is InChI=1S/C14H23NO/c1-4-13(15-5-2)9-10-16-14-8-6-7-12(3)11-14/h6-8,11,13,15H,4-5,9-10H2,1-3H3. The van der Waals surface area contributed by atoms with Crippen LogP contribution in [0.1, 0.15) is 32.3 Å². The number of rotatable bonds is 7. The van der Waals surface area contributed by atoms with Crippen LogP contribution in [0.4, 0.5) is 0 Å². The van der Waals surface area contributed by atoms with E-state index in [2.05, 4.69) is 38.2 Å². The van der Waals surface area contributed by atoms with Crippen LogP contribution < -0.4 is 10.1 Å². The van der Waals surface area contributed by atoms with E-state index in [1.54, 1.807) is 0 Å². The van der Waals surface area contributed by atoms with Crippen LogP contribution in [0, 0.1) is 6.92 Å². The van der Waals surface area contributed by atoms with Crippen molar-refractivity contribution in [3.05, 3.63) is 29.8 Å². The van der Waals surface area contributed by atoms with Crippen molar-refractivity contribution in [1.29, 1.82) is 0 Å². The lowest BCUT2D eigenvalue weighted by atomic mass is 10.1. The monoisotopic (exact) mass is 221 g/mol. The predicted molar refractivity (Wildman–Crippen MR) is 69.0 cm³/mol. The molecule has 16 heavy (non-hydrogen) atoms. The molecule has 2 nitrogen and oxygen atoms in total. The maximum atomic E-state index is 5.73. The van der Waals surface area contributed by atoms with Crippen molar-refractivity contribution in [3.63, 3.8) is 0 Å². The number of aryl methyl sites for hydroxylation is 1. The fourth-order valence-electron chi connectivity index (χ4n) is 1.76. The van der Waals surface area contributed by atoms with E-state index in [4.69, 9.17) is 4.74 Å². The Hall–Kier alpha value is -1.02. The molecule has 2 heteroatoms. The third-order valence-electron chi connectivity index (χ3n) is 2.71. The summed E-state index contributed by atoms with van der Waals surface area (Å²) in [6.45, 7) is 8.25. The van der Waals surface area contributed by atoms with Crippen LogP contribution in [0.2, 0.25) is 0 Å². The Kier molecular flexibility index (Phi) is 5.94. The lowest BCUT2D eigenvalue weighted by Gasteiger charge is -2.16. The number of benzene rings is 1. The van der Waals surface area contributed by atoms with Gasteiger partial charge in [0.25, 0.3) is 0 Å². The Morgan fingerprint density at radius 2 is 2.12 bits per heavy atom. The Morgan fingerprint density at radius 3 is 2.75 bits per heavy atom. The number of hydrogen-bond donors (Lipinski definition) is 1. The molecule has 0 bridgehead atoms. The summed E-state index contributed by atoms with van der Waals surface area (Å²) in [4.78, 5) is 0. The van der Waals surface area contributed by atoms with E-state index in [0.717, 1.165) is 31.7 Å². The lowest BCUT2D eigenvalue weighted by Crippen LogP contribution is -2.29. The summed E-state index contributed by atoms with van der Waals surface area (Å²) >= 11 is 0. The molecule has 0 aromatic heterocycles. The van der Waals surface area contributed by atoms with Gasteiger partial charge in [0.05, 0.1) is 6.61 Å². The highest BCUT2D eigenvalue weighted by Gasteiger charge is 2.04. The van der Waals surface area contributed by atoms with Crippen LogP contribution in [0.5, 0.6) is 5.75 Å². The van der Waals surface area contributed by atoms with Crippen LogP contribution in [-0.4, -0.2) is 19.2 Å². The molecule has 0 heterocycles. The molecule has 0 aliphatic carbocycles. The second-order valence-electron chi connectivity index (χ2n) is 4.12. The molecular formula is C14H23NO. The Morgan fingerprint density at radius 1 is 1.31 bits per heavy atom. The van der Waals surface area contributed by atoms with E-state index in [-0.39, 0.29) is 0 Å². The molecule has 0 aliphatic heterocycles. The summed E-state index contributed by atoms with van der Waals surface area (Å²) in [6.07, 6.45) is 2.23. The van der Waals surface area contributed by atoms with Gasteiger partial charge in [-0.2, -0.15) is 0 Å². The maximum Gasteiger partial charge on any atom is 0.119 e. The molecule has 0 radical (unpaired) electrons. The Labute approximate surface area is 99.0 Å². The third kappa shape index (κ3) is 4.67. The van der Waals surface area contributed by atoms with Gasteiger partial charge in [0, 0.05) is 6.04 Å². The van der Waals surface area contributed by atoms with Gasteiger partial charge in [-0.05, 0) is 44.0 Å². The molecule has 1 rings (SSSR count). The molecule has 0 aliphatic rings. The van der Waals surface area contributed by atoms with Gasteiger partial charge >= 0.3 is 0 Å². The molecule has 0 amide bonds. The van der Waals surface area contributed by atoms with Crippen LogP contribution in [0.15, 0.2) is 24.3 Å². The molecule has 0 saturated heterocycles. The minimum absolute atomic E-state index is 0.579. The number of hydrogen-bond acceptors (Lipinski definition) is 2. The summed E-state index contributed by atoms with van der Waals surface area (Å²) in [6, 6.07) is 8.79. The van der Waals surface area contributed by atoms with Gasteiger partial charge in [0.1, 0.15) is 5.75 Å². The highest BCUT2D eigenvalue weighted by molar-refractivity contribution is 5.27. The van der Waals surface area contributed by atoms with Crippen molar-refractivity contribution in [2.24, 2.45) is 0 Å². The summed E-state index contributed by atoms with van der Waals surface area (Å²) < 4.78 is 5.73. The topological polar surface area (TPSA) is 21.3 Å². The van der Waals surface area contributed by atoms with E-state index in [1.807, 2.05) is 12.1 Å². The first-order valence-electron chi connectivity index (χ1n) is 6.19. The molecule has 0 spiro atoms. The Bertz CT molecular complexity index is 299. The molecule has 1 atom stereocenters. The SMILES string of the molecule is CCNC(CC)CCOc1cccc(C)c1. The molecule has 90 valence electrons. The van der Waals surface area contributed by atoms with Crippen LogP contribution >= 0.6 is 0 Å². The Balaban J connectivity index is 2.29. The van der Waals surface area contributed by atoms with Gasteiger partial charge in [-0.25, -0.2) is 0 Å². The van der Waals surface area contributed by atoms with E-state index in [9.17, 15) is 0 Å². The molecule has 1 aromatic rings. The second kappa shape index (κ2) is 7.29. The predicted octanol–water partition coefficient (Wildman–Crippen LogP) is 3.15. The highest BCUT2D eigenvalue weighted by atomic mass is 16.5. The summed E-state index contributed by atoms with van der Waals surface area (Å²) in [5.74, 6) is 0.978. The fraction of sp³-hybridized carbons (Fsp3) is 0.571.